The van der Waals surface area contributed by atoms with Crippen molar-refractivity contribution < 1.29 is 14.7 Å². The lowest BCUT2D eigenvalue weighted by molar-refractivity contribution is -0.131. The van der Waals surface area contributed by atoms with E-state index < -0.39 is 5.97 Å². The van der Waals surface area contributed by atoms with E-state index in [-0.39, 0.29) is 11.3 Å². The van der Waals surface area contributed by atoms with Crippen LogP contribution in [0.1, 0.15) is 38.2 Å². The summed E-state index contributed by atoms with van der Waals surface area (Å²) >= 11 is 12.2. The van der Waals surface area contributed by atoms with Crippen LogP contribution in [0.25, 0.3) is 0 Å². The van der Waals surface area contributed by atoms with Gasteiger partial charge in [-0.2, -0.15) is 0 Å². The molecule has 1 N–H and O–H groups in total. The number of hydrogen-bond acceptors (Lipinski definition) is 2. The van der Waals surface area contributed by atoms with Crippen molar-refractivity contribution in [2.24, 2.45) is 5.41 Å². The van der Waals surface area contributed by atoms with Gasteiger partial charge in [0, 0.05) is 33.7 Å². The SMILES string of the molecule is CC12CCCC(/C=C/C(=O)O)=C1N(Cc1ccc(Cl)cc1Cl)C(=O)C2. The maximum absolute atomic E-state index is 12.7. The number of carbonyl (C=O) groups excluding carboxylic acids is 1. The van der Waals surface area contributed by atoms with Crippen LogP contribution in [0.2, 0.25) is 10.0 Å². The summed E-state index contributed by atoms with van der Waals surface area (Å²) in [5.74, 6) is -0.941. The molecule has 0 bridgehead atoms. The second kappa shape index (κ2) is 6.85. The molecule has 1 aromatic rings. The highest BCUT2D eigenvalue weighted by atomic mass is 35.5. The third kappa shape index (κ3) is 3.60. The normalized spacial score (nSPS) is 23.5. The van der Waals surface area contributed by atoms with Gasteiger partial charge in [-0.25, -0.2) is 4.79 Å². The molecule has 1 fully saturated rings. The van der Waals surface area contributed by atoms with Crippen LogP contribution >= 0.6 is 23.2 Å². The van der Waals surface area contributed by atoms with Crippen LogP contribution in [0.3, 0.4) is 0 Å². The number of benzene rings is 1. The average Bonchev–Trinajstić information content (AvgIpc) is 2.78. The largest absolute Gasteiger partial charge is 0.478 e. The first-order chi connectivity index (χ1) is 11.8. The van der Waals surface area contributed by atoms with Crippen molar-refractivity contribution in [2.75, 3.05) is 0 Å². The zero-order valence-corrected chi connectivity index (χ0v) is 15.4. The zero-order valence-electron chi connectivity index (χ0n) is 13.9. The number of amides is 1. The molecule has 1 aliphatic heterocycles. The third-order valence-electron chi connectivity index (χ3n) is 4.93. The van der Waals surface area contributed by atoms with Gasteiger partial charge >= 0.3 is 5.97 Å². The molecule has 1 aliphatic carbocycles. The van der Waals surface area contributed by atoms with E-state index in [0.717, 1.165) is 42.2 Å². The molecule has 6 heteroatoms. The molecule has 1 atom stereocenters. The molecule has 1 saturated heterocycles. The maximum atomic E-state index is 12.7. The maximum Gasteiger partial charge on any atom is 0.328 e. The molecule has 4 nitrogen and oxygen atoms in total. The summed E-state index contributed by atoms with van der Waals surface area (Å²) in [7, 11) is 0. The van der Waals surface area contributed by atoms with Gasteiger partial charge in [-0.3, -0.25) is 4.79 Å². The van der Waals surface area contributed by atoms with Gasteiger partial charge in [-0.05, 0) is 42.5 Å². The molecular formula is C19H19Cl2NO3. The number of aliphatic carboxylic acids is 1. The predicted molar refractivity (Wildman–Crippen MR) is 97.4 cm³/mol. The lowest BCUT2D eigenvalue weighted by Gasteiger charge is -2.34. The minimum absolute atomic E-state index is 0.0478. The third-order valence-corrected chi connectivity index (χ3v) is 5.52. The fraction of sp³-hybridized carbons (Fsp3) is 0.368. The van der Waals surface area contributed by atoms with Crippen LogP contribution in [0.5, 0.6) is 0 Å². The topological polar surface area (TPSA) is 57.6 Å². The van der Waals surface area contributed by atoms with Crippen LogP contribution in [-0.2, 0) is 16.1 Å². The van der Waals surface area contributed by atoms with Crippen molar-refractivity contribution in [3.63, 3.8) is 0 Å². The van der Waals surface area contributed by atoms with Gasteiger partial charge in [0.25, 0.3) is 0 Å². The van der Waals surface area contributed by atoms with Gasteiger partial charge in [0.1, 0.15) is 0 Å². The van der Waals surface area contributed by atoms with Gasteiger partial charge in [0.05, 0.1) is 6.54 Å². The monoisotopic (exact) mass is 379 g/mol. The Kier molecular flexibility index (Phi) is 4.94. The number of carboxylic acid groups (broad SMARTS) is 1. The summed E-state index contributed by atoms with van der Waals surface area (Å²) in [5, 5.41) is 10.0. The Morgan fingerprint density at radius 3 is 2.84 bits per heavy atom. The van der Waals surface area contributed by atoms with E-state index in [1.54, 1.807) is 23.1 Å². The van der Waals surface area contributed by atoms with Crippen molar-refractivity contribution >= 4 is 35.1 Å². The summed E-state index contributed by atoms with van der Waals surface area (Å²) in [6.07, 6.45) is 5.85. The van der Waals surface area contributed by atoms with E-state index in [2.05, 4.69) is 6.92 Å². The standard InChI is InChI=1S/C19H19Cl2NO3/c1-19-8-2-3-12(5-7-17(24)25)18(19)22(16(23)10-19)11-13-4-6-14(20)9-15(13)21/h4-7,9H,2-3,8,10-11H2,1H3,(H,24,25)/b7-5+. The number of carbonyl (C=O) groups is 2. The van der Waals surface area contributed by atoms with Crippen molar-refractivity contribution in [3.8, 4) is 0 Å². The van der Waals surface area contributed by atoms with E-state index in [4.69, 9.17) is 28.3 Å². The predicted octanol–water partition coefficient (Wildman–Crippen LogP) is 4.81. The number of hydrogen-bond donors (Lipinski definition) is 1. The van der Waals surface area contributed by atoms with E-state index in [1.807, 2.05) is 6.07 Å². The second-order valence-corrected chi connectivity index (χ2v) is 7.70. The minimum Gasteiger partial charge on any atom is -0.478 e. The van der Waals surface area contributed by atoms with E-state index >= 15 is 0 Å². The number of rotatable bonds is 4. The molecule has 25 heavy (non-hydrogen) atoms. The zero-order chi connectivity index (χ0) is 18.2. The Hall–Kier alpha value is -1.78. The average molecular weight is 380 g/mol. The van der Waals surface area contributed by atoms with Gasteiger partial charge in [0.2, 0.25) is 5.91 Å². The summed E-state index contributed by atoms with van der Waals surface area (Å²) < 4.78 is 0. The molecule has 1 heterocycles. The molecule has 2 aliphatic rings. The van der Waals surface area contributed by atoms with Gasteiger partial charge in [0.15, 0.2) is 0 Å². The van der Waals surface area contributed by atoms with Crippen molar-refractivity contribution in [3.05, 3.63) is 57.2 Å². The molecule has 3 rings (SSSR count). The van der Waals surface area contributed by atoms with Crippen molar-refractivity contribution in [1.29, 1.82) is 0 Å². The quantitative estimate of drug-likeness (QED) is 0.763. The summed E-state index contributed by atoms with van der Waals surface area (Å²) in [5.41, 5.74) is 2.44. The van der Waals surface area contributed by atoms with Crippen LogP contribution < -0.4 is 0 Å². The van der Waals surface area contributed by atoms with Gasteiger partial charge < -0.3 is 10.0 Å². The second-order valence-electron chi connectivity index (χ2n) is 6.85. The van der Waals surface area contributed by atoms with E-state index in [1.165, 1.54) is 0 Å². The van der Waals surface area contributed by atoms with Crippen molar-refractivity contribution in [2.45, 2.75) is 39.2 Å². The van der Waals surface area contributed by atoms with Crippen LogP contribution in [0.15, 0.2) is 41.6 Å². The lowest BCUT2D eigenvalue weighted by atomic mass is 9.74. The highest BCUT2D eigenvalue weighted by Crippen LogP contribution is 2.50. The van der Waals surface area contributed by atoms with Gasteiger partial charge in [-0.15, -0.1) is 0 Å². The molecule has 0 saturated carbocycles. The highest BCUT2D eigenvalue weighted by molar-refractivity contribution is 6.35. The Morgan fingerprint density at radius 1 is 1.40 bits per heavy atom. The van der Waals surface area contributed by atoms with Crippen LogP contribution in [-0.4, -0.2) is 21.9 Å². The molecular weight excluding hydrogens is 361 g/mol. The van der Waals surface area contributed by atoms with E-state index in [0.29, 0.717) is 23.0 Å². The molecule has 1 unspecified atom stereocenters. The number of allylic oxidation sites excluding steroid dienone is 3. The number of carboxylic acids is 1. The Bertz CT molecular complexity index is 800. The first kappa shape index (κ1) is 18.0. The van der Waals surface area contributed by atoms with Crippen LogP contribution in [0, 0.1) is 5.41 Å². The molecule has 0 radical (unpaired) electrons. The summed E-state index contributed by atoms with van der Waals surface area (Å²) in [6.45, 7) is 2.45. The number of halogens is 2. The molecule has 0 spiro atoms. The van der Waals surface area contributed by atoms with Crippen LogP contribution in [0.4, 0.5) is 0 Å². The number of fused-ring (bicyclic) bond motifs is 1. The molecule has 1 aromatic carbocycles. The molecule has 1 amide bonds. The Labute approximate surface area is 156 Å². The summed E-state index contributed by atoms with van der Waals surface area (Å²) in [6, 6.07) is 5.24. The Balaban J connectivity index is 2.01. The lowest BCUT2D eigenvalue weighted by Crippen LogP contribution is -2.28. The highest BCUT2D eigenvalue weighted by Gasteiger charge is 2.46. The fourth-order valence-electron chi connectivity index (χ4n) is 3.84. The number of likely N-dealkylation sites (tertiary alicyclic amines) is 1. The fourth-order valence-corrected chi connectivity index (χ4v) is 4.31. The molecule has 0 aromatic heterocycles. The van der Waals surface area contributed by atoms with Crippen molar-refractivity contribution in [1.82, 2.24) is 4.90 Å². The first-order valence-corrected chi connectivity index (χ1v) is 8.95. The minimum atomic E-state index is -0.989. The van der Waals surface area contributed by atoms with Gasteiger partial charge in [-0.1, -0.05) is 42.3 Å². The first-order valence-electron chi connectivity index (χ1n) is 8.19. The number of nitrogens with zero attached hydrogens (tertiary/aromatic N) is 1. The smallest absolute Gasteiger partial charge is 0.328 e. The summed E-state index contributed by atoms with van der Waals surface area (Å²) in [4.78, 5) is 25.4. The van der Waals surface area contributed by atoms with E-state index in [9.17, 15) is 9.59 Å². The molecule has 132 valence electrons. The Morgan fingerprint density at radius 2 is 2.16 bits per heavy atom.